The van der Waals surface area contributed by atoms with E-state index in [0.717, 1.165) is 49.3 Å². The molecule has 30 heavy (non-hydrogen) atoms. The molecule has 1 saturated heterocycles. The highest BCUT2D eigenvalue weighted by molar-refractivity contribution is 6.42. The second-order valence-electron chi connectivity index (χ2n) is 6.58. The van der Waals surface area contributed by atoms with Crippen molar-refractivity contribution < 1.29 is 9.90 Å². The Morgan fingerprint density at radius 1 is 1.27 bits per heavy atom. The summed E-state index contributed by atoms with van der Waals surface area (Å²) in [7, 11) is 0. The maximum Gasteiger partial charge on any atom is 0.254 e. The molecular weight excluding hydrogens is 423 g/mol. The smallest absolute Gasteiger partial charge is 0.254 e. The lowest BCUT2D eigenvalue weighted by Gasteiger charge is -2.32. The highest BCUT2D eigenvalue weighted by atomic mass is 35.5. The number of likely N-dealkylation sites (tertiary alicyclic amines) is 1. The number of anilines is 1. The van der Waals surface area contributed by atoms with Crippen LogP contribution in [0.2, 0.25) is 10.0 Å². The van der Waals surface area contributed by atoms with E-state index in [2.05, 4.69) is 29.8 Å². The van der Waals surface area contributed by atoms with Crippen molar-refractivity contribution in [2.75, 3.05) is 18.4 Å². The number of hydrogen-bond acceptors (Lipinski definition) is 4. The lowest BCUT2D eigenvalue weighted by Crippen LogP contribution is -2.36. The molecule has 0 saturated carbocycles. The molecule has 1 aromatic heterocycles. The number of fused-ring (bicyclic) bond motifs is 1. The molecule has 0 radical (unpaired) electrons. The summed E-state index contributed by atoms with van der Waals surface area (Å²) in [4.78, 5) is 15.1. The minimum absolute atomic E-state index is 0.0553. The number of benzene rings is 1. The summed E-state index contributed by atoms with van der Waals surface area (Å²) in [5, 5.41) is 16.0. The number of nitrogens with zero attached hydrogens (tertiary/aromatic N) is 3. The number of nitrogens with one attached hydrogen (secondary N) is 1. The predicted molar refractivity (Wildman–Crippen MR) is 122 cm³/mol. The molecule has 0 aliphatic carbocycles. The molecular formula is C22H24Cl2N4O2. The van der Waals surface area contributed by atoms with Crippen LogP contribution in [0.5, 0.6) is 0 Å². The van der Waals surface area contributed by atoms with Crippen LogP contribution in [0.4, 0.5) is 5.82 Å². The molecule has 1 atom stereocenters. The molecule has 8 heteroatoms. The van der Waals surface area contributed by atoms with Gasteiger partial charge in [-0.2, -0.15) is 5.10 Å². The van der Waals surface area contributed by atoms with Crippen LogP contribution in [0.3, 0.4) is 0 Å². The molecule has 1 amide bonds. The Hall–Kier alpha value is -2.88. The Morgan fingerprint density at radius 3 is 2.50 bits per heavy atom. The van der Waals surface area contributed by atoms with Gasteiger partial charge in [0.15, 0.2) is 0 Å². The van der Waals surface area contributed by atoms with Crippen LogP contribution in [0.15, 0.2) is 54.6 Å². The molecule has 6 nitrogen and oxygen atoms in total. The summed E-state index contributed by atoms with van der Waals surface area (Å²) in [5.41, 5.74) is 2.44. The average Bonchev–Trinajstić information content (AvgIpc) is 3.43. The zero-order chi connectivity index (χ0) is 22.3. The van der Waals surface area contributed by atoms with Crippen molar-refractivity contribution in [3.05, 3.63) is 70.2 Å². The number of amides is 1. The van der Waals surface area contributed by atoms with E-state index in [9.17, 15) is 4.79 Å². The van der Waals surface area contributed by atoms with Gasteiger partial charge in [0.25, 0.3) is 5.91 Å². The number of rotatable bonds is 2. The van der Waals surface area contributed by atoms with Crippen molar-refractivity contribution in [1.29, 1.82) is 0 Å². The number of carbonyl (C=O) groups excluding carboxylic acids is 1. The van der Waals surface area contributed by atoms with Gasteiger partial charge >= 0.3 is 0 Å². The number of allylic oxidation sites excluding steroid dienone is 1. The third-order valence-electron chi connectivity index (χ3n) is 4.79. The first-order valence-electron chi connectivity index (χ1n) is 9.32. The number of halogens is 2. The fraction of sp³-hybridized carbons (Fsp3) is 0.273. The third-order valence-corrected chi connectivity index (χ3v) is 5.53. The summed E-state index contributed by atoms with van der Waals surface area (Å²) < 4.78 is 1.83. The summed E-state index contributed by atoms with van der Waals surface area (Å²) in [6.45, 7) is 6.45. The van der Waals surface area contributed by atoms with Crippen LogP contribution in [0, 0.1) is 12.8 Å². The van der Waals surface area contributed by atoms with Gasteiger partial charge in [-0.1, -0.05) is 35.8 Å². The molecule has 158 valence electrons. The Kier molecular flexibility index (Phi) is 8.40. The van der Waals surface area contributed by atoms with Gasteiger partial charge in [0.1, 0.15) is 11.9 Å². The monoisotopic (exact) mass is 446 g/mol. The number of terminal acetylenes is 1. The van der Waals surface area contributed by atoms with E-state index in [1.807, 2.05) is 34.7 Å². The maximum absolute atomic E-state index is 13.2. The van der Waals surface area contributed by atoms with Crippen LogP contribution in [-0.4, -0.2) is 38.8 Å². The van der Waals surface area contributed by atoms with Crippen LogP contribution in [-0.2, 0) is 4.79 Å². The van der Waals surface area contributed by atoms with Crippen molar-refractivity contribution >= 4 is 34.9 Å². The van der Waals surface area contributed by atoms with Gasteiger partial charge in [-0.15, -0.1) is 12.8 Å². The fourth-order valence-electron chi connectivity index (χ4n) is 3.56. The zero-order valence-electron chi connectivity index (χ0n) is 16.7. The summed E-state index contributed by atoms with van der Waals surface area (Å²) >= 11 is 12.3. The number of aliphatic hydroxyl groups excluding tert-OH is 1. The highest BCUT2D eigenvalue weighted by Crippen LogP contribution is 2.38. The van der Waals surface area contributed by atoms with E-state index in [1.165, 1.54) is 0 Å². The normalized spacial score (nSPS) is 17.0. The van der Waals surface area contributed by atoms with Gasteiger partial charge in [0.2, 0.25) is 0 Å². The molecule has 0 spiro atoms. The summed E-state index contributed by atoms with van der Waals surface area (Å²) in [6.07, 6.45) is 12.6. The fourth-order valence-corrected chi connectivity index (χ4v) is 3.87. The van der Waals surface area contributed by atoms with Crippen molar-refractivity contribution in [3.63, 3.8) is 0 Å². The standard InChI is InChI=1S/C18H18Cl2N4O.C2H4O.C2H2/c1-11-16(18(25)23-8-2-3-9-23)17(24-15(22-11)6-7-21-24)12-4-5-13(19)14(20)10-12;1-2-3;1-2/h4-7,10,17,22H,2-3,8-9H2,1H3;2-3H,1H2;1-2H. The van der Waals surface area contributed by atoms with E-state index in [0.29, 0.717) is 15.6 Å². The molecule has 2 N–H and O–H groups in total. The molecule has 4 rings (SSSR count). The predicted octanol–water partition coefficient (Wildman–Crippen LogP) is 5.04. The van der Waals surface area contributed by atoms with Gasteiger partial charge in [-0.05, 0) is 37.5 Å². The minimum atomic E-state index is -0.325. The Balaban J connectivity index is 0.000000590. The van der Waals surface area contributed by atoms with Gasteiger partial charge in [0.05, 0.1) is 28.1 Å². The van der Waals surface area contributed by atoms with Crippen LogP contribution < -0.4 is 5.32 Å². The van der Waals surface area contributed by atoms with Gasteiger partial charge in [-0.3, -0.25) is 4.79 Å². The number of aliphatic hydroxyl groups is 1. The Labute approximate surface area is 186 Å². The summed E-state index contributed by atoms with van der Waals surface area (Å²) in [6, 6.07) is 7.05. The number of carbonyl (C=O) groups is 1. The maximum atomic E-state index is 13.2. The second-order valence-corrected chi connectivity index (χ2v) is 7.40. The quantitative estimate of drug-likeness (QED) is 0.500. The Morgan fingerprint density at radius 2 is 1.90 bits per heavy atom. The molecule has 0 bridgehead atoms. The molecule has 2 aliphatic heterocycles. The highest BCUT2D eigenvalue weighted by Gasteiger charge is 2.35. The lowest BCUT2D eigenvalue weighted by atomic mass is 9.94. The van der Waals surface area contributed by atoms with Crippen molar-refractivity contribution in [2.45, 2.75) is 25.8 Å². The van der Waals surface area contributed by atoms with E-state index < -0.39 is 0 Å². The van der Waals surface area contributed by atoms with E-state index in [1.54, 1.807) is 12.3 Å². The molecule has 1 fully saturated rings. The molecule has 1 aromatic carbocycles. The lowest BCUT2D eigenvalue weighted by molar-refractivity contribution is -0.126. The van der Waals surface area contributed by atoms with E-state index >= 15 is 0 Å². The van der Waals surface area contributed by atoms with Crippen molar-refractivity contribution in [3.8, 4) is 12.8 Å². The largest absolute Gasteiger partial charge is 0.516 e. The summed E-state index contributed by atoms with van der Waals surface area (Å²) in [5.74, 6) is 0.909. The molecule has 2 aromatic rings. The third kappa shape index (κ3) is 4.81. The SMILES string of the molecule is C#C.C=CO.CC1=C(C(=O)N2CCCC2)C(c2ccc(Cl)c(Cl)c2)n2nccc2N1. The average molecular weight is 447 g/mol. The Bertz CT molecular complexity index is 959. The number of hydrogen-bond donors (Lipinski definition) is 2. The first-order valence-corrected chi connectivity index (χ1v) is 10.1. The van der Waals surface area contributed by atoms with Crippen LogP contribution in [0.1, 0.15) is 31.4 Å². The topological polar surface area (TPSA) is 70.4 Å². The molecule has 1 unspecified atom stereocenters. The number of aromatic nitrogens is 2. The minimum Gasteiger partial charge on any atom is -0.516 e. The van der Waals surface area contributed by atoms with Crippen LogP contribution >= 0.6 is 23.2 Å². The van der Waals surface area contributed by atoms with Crippen molar-refractivity contribution in [2.24, 2.45) is 0 Å². The van der Waals surface area contributed by atoms with Gasteiger partial charge < -0.3 is 15.3 Å². The molecule has 3 heterocycles. The first kappa shape index (κ1) is 23.4. The zero-order valence-corrected chi connectivity index (χ0v) is 18.2. The van der Waals surface area contributed by atoms with E-state index in [4.69, 9.17) is 28.3 Å². The van der Waals surface area contributed by atoms with Crippen molar-refractivity contribution in [1.82, 2.24) is 14.7 Å². The van der Waals surface area contributed by atoms with Crippen LogP contribution in [0.25, 0.3) is 0 Å². The van der Waals surface area contributed by atoms with E-state index in [-0.39, 0.29) is 11.9 Å². The van der Waals surface area contributed by atoms with Gasteiger partial charge in [-0.25, -0.2) is 4.68 Å². The first-order chi connectivity index (χ1) is 14.5. The second kappa shape index (κ2) is 10.8. The van der Waals surface area contributed by atoms with Gasteiger partial charge in [0, 0.05) is 24.9 Å². The molecule has 2 aliphatic rings.